The molecule has 2 fully saturated rings. The molecule has 2 aromatic heterocycles. The fourth-order valence-electron chi connectivity index (χ4n) is 4.32. The highest BCUT2D eigenvalue weighted by Gasteiger charge is 2.41. The topological polar surface area (TPSA) is 37.8 Å². The van der Waals surface area contributed by atoms with E-state index in [1.807, 2.05) is 24.4 Å². The van der Waals surface area contributed by atoms with Crippen LogP contribution in [0.3, 0.4) is 0 Å². The van der Waals surface area contributed by atoms with Crippen molar-refractivity contribution in [1.82, 2.24) is 15.3 Å². The molecule has 22 heavy (non-hydrogen) atoms. The maximum absolute atomic E-state index is 4.72. The minimum atomic E-state index is 0.607. The van der Waals surface area contributed by atoms with Crippen molar-refractivity contribution in [3.63, 3.8) is 0 Å². The molecule has 0 aromatic carbocycles. The molecule has 0 amide bonds. The number of rotatable bonds is 5. The van der Waals surface area contributed by atoms with Gasteiger partial charge < -0.3 is 5.32 Å². The fourth-order valence-corrected chi connectivity index (χ4v) is 5.11. The first-order chi connectivity index (χ1) is 10.8. The monoisotopic (exact) mass is 313 g/mol. The lowest BCUT2D eigenvalue weighted by molar-refractivity contribution is 0.259. The van der Waals surface area contributed by atoms with E-state index in [0.717, 1.165) is 40.7 Å². The lowest BCUT2D eigenvalue weighted by atomic mass is 9.84. The van der Waals surface area contributed by atoms with Gasteiger partial charge in [-0.1, -0.05) is 12.5 Å². The number of fused-ring (bicyclic) bond motifs is 2. The molecule has 4 rings (SSSR count). The lowest BCUT2D eigenvalue weighted by Crippen LogP contribution is -2.35. The van der Waals surface area contributed by atoms with Crippen LogP contribution in [0, 0.1) is 17.8 Å². The first-order valence-electron chi connectivity index (χ1n) is 8.39. The molecule has 2 bridgehead atoms. The van der Waals surface area contributed by atoms with Crippen LogP contribution in [0.1, 0.15) is 38.3 Å². The zero-order chi connectivity index (χ0) is 14.9. The Hall–Kier alpha value is -1.26. The summed E-state index contributed by atoms with van der Waals surface area (Å²) in [6, 6.07) is 6.58. The summed E-state index contributed by atoms with van der Waals surface area (Å²) < 4.78 is 0. The van der Waals surface area contributed by atoms with Crippen LogP contribution in [0.15, 0.2) is 29.8 Å². The predicted molar refractivity (Wildman–Crippen MR) is 90.6 cm³/mol. The van der Waals surface area contributed by atoms with Gasteiger partial charge in [-0.15, -0.1) is 11.3 Å². The summed E-state index contributed by atoms with van der Waals surface area (Å²) in [5.41, 5.74) is 2.11. The van der Waals surface area contributed by atoms with Gasteiger partial charge in [0, 0.05) is 24.2 Å². The van der Waals surface area contributed by atoms with Crippen molar-refractivity contribution in [2.75, 3.05) is 0 Å². The van der Waals surface area contributed by atoms with Crippen LogP contribution in [0.2, 0.25) is 0 Å². The van der Waals surface area contributed by atoms with Crippen LogP contribution in [0.25, 0.3) is 10.7 Å². The summed E-state index contributed by atoms with van der Waals surface area (Å²) in [5, 5.41) is 6.89. The van der Waals surface area contributed by atoms with Crippen molar-refractivity contribution in [3.8, 4) is 10.7 Å². The summed E-state index contributed by atoms with van der Waals surface area (Å²) in [5.74, 6) is 2.88. The van der Waals surface area contributed by atoms with Crippen molar-refractivity contribution in [2.24, 2.45) is 17.8 Å². The molecule has 4 atom stereocenters. The summed E-state index contributed by atoms with van der Waals surface area (Å²) in [7, 11) is 0. The zero-order valence-electron chi connectivity index (χ0n) is 13.0. The van der Waals surface area contributed by atoms with Crippen LogP contribution in [-0.2, 0) is 6.54 Å². The van der Waals surface area contributed by atoms with Gasteiger partial charge in [0.05, 0.1) is 11.4 Å². The number of thiazole rings is 1. The van der Waals surface area contributed by atoms with Crippen molar-refractivity contribution >= 4 is 11.3 Å². The van der Waals surface area contributed by atoms with Crippen LogP contribution in [0.5, 0.6) is 0 Å². The van der Waals surface area contributed by atoms with E-state index in [0.29, 0.717) is 6.04 Å². The molecule has 4 unspecified atom stereocenters. The smallest absolute Gasteiger partial charge is 0.142 e. The highest BCUT2D eigenvalue weighted by Crippen LogP contribution is 2.49. The Kier molecular flexibility index (Phi) is 3.97. The predicted octanol–water partition coefficient (Wildman–Crippen LogP) is 4.12. The van der Waals surface area contributed by atoms with Gasteiger partial charge in [0.15, 0.2) is 0 Å². The Balaban J connectivity index is 1.35. The second kappa shape index (κ2) is 6.09. The molecule has 0 saturated heterocycles. The van der Waals surface area contributed by atoms with Crippen molar-refractivity contribution in [3.05, 3.63) is 35.5 Å². The third-order valence-electron chi connectivity index (χ3n) is 5.48. The molecule has 2 aliphatic rings. The van der Waals surface area contributed by atoms with Crippen LogP contribution >= 0.6 is 11.3 Å². The first-order valence-corrected chi connectivity index (χ1v) is 9.27. The minimum absolute atomic E-state index is 0.607. The molecule has 1 N–H and O–H groups in total. The Morgan fingerprint density at radius 3 is 3.00 bits per heavy atom. The summed E-state index contributed by atoms with van der Waals surface area (Å²) >= 11 is 1.69. The lowest BCUT2D eigenvalue weighted by Gasteiger charge is -2.28. The second-order valence-corrected chi connectivity index (χ2v) is 7.73. The van der Waals surface area contributed by atoms with Crippen molar-refractivity contribution < 1.29 is 0 Å². The van der Waals surface area contributed by atoms with Gasteiger partial charge in [-0.05, 0) is 56.1 Å². The molecular weight excluding hydrogens is 290 g/mol. The average molecular weight is 313 g/mol. The van der Waals surface area contributed by atoms with Gasteiger partial charge >= 0.3 is 0 Å². The summed E-state index contributed by atoms with van der Waals surface area (Å²) in [4.78, 5) is 9.09. The molecule has 2 aliphatic carbocycles. The largest absolute Gasteiger partial charge is 0.308 e. The number of hydrogen-bond donors (Lipinski definition) is 1. The van der Waals surface area contributed by atoms with Gasteiger partial charge in [0.2, 0.25) is 0 Å². The van der Waals surface area contributed by atoms with E-state index < -0.39 is 0 Å². The molecular formula is C18H23N3S. The van der Waals surface area contributed by atoms with Gasteiger partial charge in [0.1, 0.15) is 5.01 Å². The van der Waals surface area contributed by atoms with E-state index in [2.05, 4.69) is 22.6 Å². The average Bonchev–Trinajstić information content (AvgIpc) is 3.29. The van der Waals surface area contributed by atoms with E-state index in [1.165, 1.54) is 25.7 Å². The van der Waals surface area contributed by atoms with Gasteiger partial charge in [-0.25, -0.2) is 4.98 Å². The third-order valence-corrected chi connectivity index (χ3v) is 6.39. The molecule has 4 heteroatoms. The normalized spacial score (nSPS) is 28.1. The van der Waals surface area contributed by atoms with Crippen LogP contribution in [-0.4, -0.2) is 16.0 Å². The molecule has 116 valence electrons. The van der Waals surface area contributed by atoms with Crippen LogP contribution in [0.4, 0.5) is 0 Å². The van der Waals surface area contributed by atoms with E-state index in [4.69, 9.17) is 4.98 Å². The first kappa shape index (κ1) is 14.3. The van der Waals surface area contributed by atoms with E-state index in [-0.39, 0.29) is 0 Å². The number of nitrogens with zero attached hydrogens (tertiary/aromatic N) is 2. The number of aromatic nitrogens is 2. The Labute approximate surface area is 136 Å². The molecule has 3 nitrogen and oxygen atoms in total. The van der Waals surface area contributed by atoms with Crippen molar-refractivity contribution in [2.45, 2.75) is 45.2 Å². The molecule has 0 aliphatic heterocycles. The molecule has 2 aromatic rings. The Morgan fingerprint density at radius 2 is 2.27 bits per heavy atom. The van der Waals surface area contributed by atoms with Crippen LogP contribution < -0.4 is 5.32 Å². The Bertz CT molecular complexity index is 624. The summed E-state index contributed by atoms with van der Waals surface area (Å²) in [6.07, 6.45) is 7.69. The maximum Gasteiger partial charge on any atom is 0.142 e. The SMILES string of the molecule is CC(NCc1csc(-c2ccccn2)n1)C1CC2CCC1C2. The van der Waals surface area contributed by atoms with Crippen molar-refractivity contribution in [1.29, 1.82) is 0 Å². The third kappa shape index (κ3) is 2.82. The zero-order valence-corrected chi connectivity index (χ0v) is 13.9. The van der Waals surface area contributed by atoms with E-state index in [9.17, 15) is 0 Å². The maximum atomic E-state index is 4.72. The van der Waals surface area contributed by atoms with E-state index >= 15 is 0 Å². The van der Waals surface area contributed by atoms with Gasteiger partial charge in [-0.3, -0.25) is 4.98 Å². The van der Waals surface area contributed by atoms with Gasteiger partial charge in [-0.2, -0.15) is 0 Å². The molecule has 2 saturated carbocycles. The fraction of sp³-hybridized carbons (Fsp3) is 0.556. The molecule has 0 spiro atoms. The second-order valence-electron chi connectivity index (χ2n) is 6.87. The highest BCUT2D eigenvalue weighted by molar-refractivity contribution is 7.13. The van der Waals surface area contributed by atoms with E-state index in [1.54, 1.807) is 11.3 Å². The number of hydrogen-bond acceptors (Lipinski definition) is 4. The number of nitrogens with one attached hydrogen (secondary N) is 1. The molecule has 0 radical (unpaired) electrons. The quantitative estimate of drug-likeness (QED) is 0.902. The number of pyridine rings is 1. The molecule has 2 heterocycles. The standard InChI is InChI=1S/C18H23N3S/c1-12(16-9-13-5-6-14(16)8-13)20-10-15-11-22-18(21-15)17-4-2-3-7-19-17/h2-4,7,11-14,16,20H,5-6,8-10H2,1H3. The minimum Gasteiger partial charge on any atom is -0.308 e. The summed E-state index contributed by atoms with van der Waals surface area (Å²) in [6.45, 7) is 3.23. The van der Waals surface area contributed by atoms with Gasteiger partial charge in [0.25, 0.3) is 0 Å². The Morgan fingerprint density at radius 1 is 1.32 bits per heavy atom. The highest BCUT2D eigenvalue weighted by atomic mass is 32.1.